The van der Waals surface area contributed by atoms with Crippen LogP contribution < -0.4 is 10.1 Å². The SMILES string of the molecule is CC(C)c1cccc(C(C)C)c1NC(=O)c1ccc(OCC(=O)OCc2ccccc2)cc1. The molecular weight excluding hydrogens is 414 g/mol. The Bertz CT molecular complexity index is 1050. The minimum Gasteiger partial charge on any atom is -0.482 e. The lowest BCUT2D eigenvalue weighted by Crippen LogP contribution is -2.16. The number of esters is 1. The normalized spacial score (nSPS) is 10.8. The topological polar surface area (TPSA) is 64.6 Å². The van der Waals surface area contributed by atoms with Gasteiger partial charge in [0.2, 0.25) is 0 Å². The number of nitrogens with one attached hydrogen (secondary N) is 1. The lowest BCUT2D eigenvalue weighted by Gasteiger charge is -2.20. The molecule has 1 amide bonds. The average molecular weight is 446 g/mol. The second kappa shape index (κ2) is 11.3. The molecule has 0 fully saturated rings. The number of carbonyl (C=O) groups excluding carboxylic acids is 2. The molecule has 0 unspecified atom stereocenters. The second-order valence-electron chi connectivity index (χ2n) is 8.53. The summed E-state index contributed by atoms with van der Waals surface area (Å²) >= 11 is 0. The molecule has 0 spiro atoms. The Morgan fingerprint density at radius 2 is 1.39 bits per heavy atom. The molecule has 5 heteroatoms. The summed E-state index contributed by atoms with van der Waals surface area (Å²) in [7, 11) is 0. The molecule has 0 aliphatic heterocycles. The molecule has 0 aliphatic carbocycles. The summed E-state index contributed by atoms with van der Waals surface area (Å²) in [6.07, 6.45) is 0. The van der Waals surface area contributed by atoms with Crippen molar-refractivity contribution in [1.29, 1.82) is 0 Å². The van der Waals surface area contributed by atoms with E-state index < -0.39 is 5.97 Å². The third-order valence-corrected chi connectivity index (χ3v) is 5.33. The first kappa shape index (κ1) is 24.1. The third-order valence-electron chi connectivity index (χ3n) is 5.33. The van der Waals surface area contributed by atoms with Crippen molar-refractivity contribution in [2.75, 3.05) is 11.9 Å². The molecule has 0 saturated heterocycles. The maximum atomic E-state index is 12.9. The summed E-state index contributed by atoms with van der Waals surface area (Å²) in [4.78, 5) is 24.9. The molecule has 3 aromatic carbocycles. The molecule has 0 saturated carbocycles. The van der Waals surface area contributed by atoms with Gasteiger partial charge in [-0.1, -0.05) is 76.2 Å². The molecule has 3 aromatic rings. The Morgan fingerprint density at radius 3 is 1.97 bits per heavy atom. The van der Waals surface area contributed by atoms with Gasteiger partial charge in [-0.25, -0.2) is 4.79 Å². The van der Waals surface area contributed by atoms with Gasteiger partial charge in [0.25, 0.3) is 5.91 Å². The number of hydrogen-bond acceptors (Lipinski definition) is 4. The molecule has 33 heavy (non-hydrogen) atoms. The van der Waals surface area contributed by atoms with Gasteiger partial charge >= 0.3 is 5.97 Å². The first-order valence-corrected chi connectivity index (χ1v) is 11.2. The number of carbonyl (C=O) groups is 2. The highest BCUT2D eigenvalue weighted by molar-refractivity contribution is 6.05. The Kier molecular flexibility index (Phi) is 8.25. The summed E-state index contributed by atoms with van der Waals surface area (Å²) in [5.74, 6) is 0.438. The van der Waals surface area contributed by atoms with E-state index in [1.165, 1.54) is 0 Å². The fourth-order valence-corrected chi connectivity index (χ4v) is 3.51. The average Bonchev–Trinajstić information content (AvgIpc) is 2.82. The van der Waals surface area contributed by atoms with Crippen molar-refractivity contribution in [3.63, 3.8) is 0 Å². The van der Waals surface area contributed by atoms with E-state index in [2.05, 4.69) is 45.1 Å². The van der Waals surface area contributed by atoms with Crippen LogP contribution in [0.1, 0.15) is 66.6 Å². The van der Waals surface area contributed by atoms with Crippen molar-refractivity contribution in [1.82, 2.24) is 0 Å². The molecule has 0 bridgehead atoms. The molecule has 0 heterocycles. The van der Waals surface area contributed by atoms with E-state index in [9.17, 15) is 9.59 Å². The van der Waals surface area contributed by atoms with Crippen LogP contribution in [0.25, 0.3) is 0 Å². The smallest absolute Gasteiger partial charge is 0.344 e. The molecule has 0 aromatic heterocycles. The molecule has 3 rings (SSSR count). The van der Waals surface area contributed by atoms with E-state index in [0.29, 0.717) is 11.3 Å². The number of ether oxygens (including phenoxy) is 2. The van der Waals surface area contributed by atoms with Crippen LogP contribution in [0.15, 0.2) is 72.8 Å². The summed E-state index contributed by atoms with van der Waals surface area (Å²) in [6, 6.07) is 22.4. The maximum Gasteiger partial charge on any atom is 0.344 e. The Labute approximate surface area is 195 Å². The first-order valence-electron chi connectivity index (χ1n) is 11.2. The number of rotatable bonds is 9. The highest BCUT2D eigenvalue weighted by Crippen LogP contribution is 2.32. The summed E-state index contributed by atoms with van der Waals surface area (Å²) in [5, 5.41) is 3.11. The zero-order chi connectivity index (χ0) is 23.8. The van der Waals surface area contributed by atoms with Crippen molar-refractivity contribution in [3.8, 4) is 5.75 Å². The van der Waals surface area contributed by atoms with Crippen molar-refractivity contribution >= 4 is 17.6 Å². The maximum absolute atomic E-state index is 12.9. The van der Waals surface area contributed by atoms with Gasteiger partial charge in [0.15, 0.2) is 6.61 Å². The van der Waals surface area contributed by atoms with Gasteiger partial charge in [-0.15, -0.1) is 0 Å². The van der Waals surface area contributed by atoms with Crippen molar-refractivity contribution in [3.05, 3.63) is 95.1 Å². The number of benzene rings is 3. The van der Waals surface area contributed by atoms with Crippen LogP contribution >= 0.6 is 0 Å². The molecule has 0 atom stereocenters. The van der Waals surface area contributed by atoms with Gasteiger partial charge in [-0.2, -0.15) is 0 Å². The van der Waals surface area contributed by atoms with Crippen LogP contribution in [0, 0.1) is 0 Å². The molecule has 0 radical (unpaired) electrons. The Balaban J connectivity index is 1.59. The van der Waals surface area contributed by atoms with Gasteiger partial charge in [0, 0.05) is 11.3 Å². The minimum absolute atomic E-state index is 0.182. The van der Waals surface area contributed by atoms with E-state index >= 15 is 0 Å². The van der Waals surface area contributed by atoms with Gasteiger partial charge in [0.05, 0.1) is 0 Å². The molecule has 0 aliphatic rings. The van der Waals surface area contributed by atoms with Gasteiger partial charge in [0.1, 0.15) is 12.4 Å². The van der Waals surface area contributed by atoms with Crippen LogP contribution in [-0.2, 0) is 16.1 Å². The van der Waals surface area contributed by atoms with Crippen molar-refractivity contribution in [2.24, 2.45) is 0 Å². The van der Waals surface area contributed by atoms with Gasteiger partial charge in [-0.3, -0.25) is 4.79 Å². The second-order valence-corrected chi connectivity index (χ2v) is 8.53. The summed E-state index contributed by atoms with van der Waals surface area (Å²) in [6.45, 7) is 8.48. The lowest BCUT2D eigenvalue weighted by molar-refractivity contribution is -0.147. The monoisotopic (exact) mass is 445 g/mol. The van der Waals surface area contributed by atoms with E-state index in [1.807, 2.05) is 36.4 Å². The first-order chi connectivity index (χ1) is 15.8. The zero-order valence-corrected chi connectivity index (χ0v) is 19.6. The van der Waals surface area contributed by atoms with Crippen molar-refractivity contribution in [2.45, 2.75) is 46.1 Å². The standard InChI is InChI=1S/C28H31NO4/c1-19(2)24-11-8-12-25(20(3)4)27(24)29-28(31)22-13-15-23(16-14-22)32-18-26(30)33-17-21-9-6-5-7-10-21/h5-16,19-20H,17-18H2,1-4H3,(H,29,31). The number of amides is 1. The third kappa shape index (κ3) is 6.69. The van der Waals surface area contributed by atoms with Gasteiger partial charge < -0.3 is 14.8 Å². The number of para-hydroxylation sites is 1. The number of anilines is 1. The fourth-order valence-electron chi connectivity index (χ4n) is 3.51. The predicted octanol–water partition coefficient (Wildman–Crippen LogP) is 6.31. The molecule has 172 valence electrons. The number of hydrogen-bond donors (Lipinski definition) is 1. The van der Waals surface area contributed by atoms with Crippen LogP contribution in [0.3, 0.4) is 0 Å². The Morgan fingerprint density at radius 1 is 0.788 bits per heavy atom. The van der Waals surface area contributed by atoms with Crippen LogP contribution in [0.2, 0.25) is 0 Å². The van der Waals surface area contributed by atoms with Crippen LogP contribution in [-0.4, -0.2) is 18.5 Å². The minimum atomic E-state index is -0.452. The summed E-state index contributed by atoms with van der Waals surface area (Å²) in [5.41, 5.74) is 4.55. The zero-order valence-electron chi connectivity index (χ0n) is 19.6. The quantitative estimate of drug-likeness (QED) is 0.392. The predicted molar refractivity (Wildman–Crippen MR) is 131 cm³/mol. The van der Waals surface area contributed by atoms with Crippen molar-refractivity contribution < 1.29 is 19.1 Å². The highest BCUT2D eigenvalue weighted by atomic mass is 16.6. The highest BCUT2D eigenvalue weighted by Gasteiger charge is 2.17. The molecule has 1 N–H and O–H groups in total. The van der Waals surface area contributed by atoms with E-state index in [1.54, 1.807) is 24.3 Å². The van der Waals surface area contributed by atoms with E-state index in [-0.39, 0.29) is 31.0 Å². The van der Waals surface area contributed by atoms with Gasteiger partial charge in [-0.05, 0) is 52.8 Å². The van der Waals surface area contributed by atoms with E-state index in [0.717, 1.165) is 22.4 Å². The largest absolute Gasteiger partial charge is 0.482 e. The molecule has 5 nitrogen and oxygen atoms in total. The Hall–Kier alpha value is -3.60. The van der Waals surface area contributed by atoms with Crippen LogP contribution in [0.5, 0.6) is 5.75 Å². The summed E-state index contributed by atoms with van der Waals surface area (Å²) < 4.78 is 10.7. The van der Waals surface area contributed by atoms with Crippen LogP contribution in [0.4, 0.5) is 5.69 Å². The molecular formula is C28H31NO4. The van der Waals surface area contributed by atoms with E-state index in [4.69, 9.17) is 9.47 Å². The fraction of sp³-hybridized carbons (Fsp3) is 0.286. The lowest BCUT2D eigenvalue weighted by atomic mass is 9.92.